The molecule has 0 spiro atoms. The Bertz CT molecular complexity index is 356. The smallest absolute Gasteiger partial charge is 0.115 e. The quantitative estimate of drug-likeness (QED) is 0.726. The van der Waals surface area contributed by atoms with Crippen LogP contribution in [0.2, 0.25) is 0 Å². The Balaban J connectivity index is 1.97. The molecule has 2 fully saturated rings. The SMILES string of the molecule is OC1(c2cncnc2)CCN2CCCC21. The van der Waals surface area contributed by atoms with Gasteiger partial charge in [0.25, 0.3) is 0 Å². The molecule has 15 heavy (non-hydrogen) atoms. The number of nitrogens with zero attached hydrogens (tertiary/aromatic N) is 3. The maximum atomic E-state index is 10.7. The minimum absolute atomic E-state index is 0.281. The summed E-state index contributed by atoms with van der Waals surface area (Å²) in [6.07, 6.45) is 8.09. The minimum Gasteiger partial charge on any atom is -0.383 e. The monoisotopic (exact) mass is 205 g/mol. The molecule has 3 heterocycles. The fourth-order valence-electron chi connectivity index (χ4n) is 2.97. The topological polar surface area (TPSA) is 49.3 Å². The Morgan fingerprint density at radius 3 is 2.93 bits per heavy atom. The van der Waals surface area contributed by atoms with Crippen molar-refractivity contribution in [2.45, 2.75) is 30.9 Å². The molecule has 1 aromatic rings. The fraction of sp³-hybridized carbons (Fsp3) is 0.636. The van der Waals surface area contributed by atoms with Crippen LogP contribution in [-0.2, 0) is 5.60 Å². The van der Waals surface area contributed by atoms with Crippen molar-refractivity contribution >= 4 is 0 Å². The molecule has 0 saturated carbocycles. The largest absolute Gasteiger partial charge is 0.383 e. The van der Waals surface area contributed by atoms with E-state index in [1.807, 2.05) is 0 Å². The average molecular weight is 205 g/mol. The van der Waals surface area contributed by atoms with Crippen molar-refractivity contribution in [1.82, 2.24) is 14.9 Å². The lowest BCUT2D eigenvalue weighted by molar-refractivity contribution is 0.00875. The second-order valence-electron chi connectivity index (χ2n) is 4.50. The number of rotatable bonds is 1. The van der Waals surface area contributed by atoms with Crippen LogP contribution in [0.15, 0.2) is 18.7 Å². The summed E-state index contributed by atoms with van der Waals surface area (Å²) in [6, 6.07) is 0.281. The highest BCUT2D eigenvalue weighted by atomic mass is 16.3. The number of hydrogen-bond donors (Lipinski definition) is 1. The zero-order valence-corrected chi connectivity index (χ0v) is 8.63. The van der Waals surface area contributed by atoms with Crippen LogP contribution < -0.4 is 0 Å². The molecule has 2 unspecified atom stereocenters. The Kier molecular flexibility index (Phi) is 2.00. The lowest BCUT2D eigenvalue weighted by Crippen LogP contribution is -2.38. The standard InChI is InChI=1S/C11H15N3O/c15-11(9-6-12-8-13-7-9)3-5-14-4-1-2-10(11)14/h6-8,10,15H,1-5H2. The number of hydrogen-bond acceptors (Lipinski definition) is 4. The molecule has 0 bridgehead atoms. The van der Waals surface area contributed by atoms with E-state index in [4.69, 9.17) is 0 Å². The first-order chi connectivity index (χ1) is 7.31. The van der Waals surface area contributed by atoms with Gasteiger partial charge in [-0.15, -0.1) is 0 Å². The molecule has 80 valence electrons. The summed E-state index contributed by atoms with van der Waals surface area (Å²) in [7, 11) is 0. The van der Waals surface area contributed by atoms with Crippen LogP contribution >= 0.6 is 0 Å². The van der Waals surface area contributed by atoms with E-state index in [1.54, 1.807) is 12.4 Å². The summed E-state index contributed by atoms with van der Waals surface area (Å²) in [6.45, 7) is 2.12. The van der Waals surface area contributed by atoms with Crippen LogP contribution in [0.25, 0.3) is 0 Å². The molecule has 3 rings (SSSR count). The van der Waals surface area contributed by atoms with Gasteiger partial charge in [-0.25, -0.2) is 9.97 Å². The fourth-order valence-corrected chi connectivity index (χ4v) is 2.97. The molecular formula is C11H15N3O. The molecule has 0 amide bonds. The molecular weight excluding hydrogens is 190 g/mol. The summed E-state index contributed by atoms with van der Waals surface area (Å²) >= 11 is 0. The minimum atomic E-state index is -0.711. The van der Waals surface area contributed by atoms with Crippen LogP contribution in [0.4, 0.5) is 0 Å². The van der Waals surface area contributed by atoms with Gasteiger partial charge in [0, 0.05) is 30.5 Å². The van der Waals surface area contributed by atoms with Gasteiger partial charge >= 0.3 is 0 Å². The zero-order valence-electron chi connectivity index (χ0n) is 8.63. The van der Waals surface area contributed by atoms with E-state index in [-0.39, 0.29) is 6.04 Å². The molecule has 1 N–H and O–H groups in total. The van der Waals surface area contributed by atoms with E-state index in [2.05, 4.69) is 14.9 Å². The van der Waals surface area contributed by atoms with Gasteiger partial charge in [-0.05, 0) is 25.8 Å². The lowest BCUT2D eigenvalue weighted by Gasteiger charge is -2.29. The molecule has 4 nitrogen and oxygen atoms in total. The van der Waals surface area contributed by atoms with Gasteiger partial charge in [-0.3, -0.25) is 4.90 Å². The van der Waals surface area contributed by atoms with Crippen molar-refractivity contribution < 1.29 is 5.11 Å². The molecule has 2 aliphatic heterocycles. The van der Waals surface area contributed by atoms with E-state index in [0.29, 0.717) is 0 Å². The van der Waals surface area contributed by atoms with E-state index in [1.165, 1.54) is 12.7 Å². The van der Waals surface area contributed by atoms with Gasteiger partial charge < -0.3 is 5.11 Å². The van der Waals surface area contributed by atoms with E-state index in [9.17, 15) is 5.11 Å². The van der Waals surface area contributed by atoms with Crippen molar-refractivity contribution in [2.75, 3.05) is 13.1 Å². The second-order valence-corrected chi connectivity index (χ2v) is 4.50. The normalized spacial score (nSPS) is 35.7. The first kappa shape index (κ1) is 9.24. The summed E-state index contributed by atoms with van der Waals surface area (Å²) in [5.41, 5.74) is 0.164. The second kappa shape index (κ2) is 3.25. The van der Waals surface area contributed by atoms with E-state index in [0.717, 1.165) is 31.5 Å². The first-order valence-corrected chi connectivity index (χ1v) is 5.52. The Morgan fingerprint density at radius 2 is 2.13 bits per heavy atom. The van der Waals surface area contributed by atoms with E-state index < -0.39 is 5.60 Å². The van der Waals surface area contributed by atoms with Crippen molar-refractivity contribution in [3.8, 4) is 0 Å². The van der Waals surface area contributed by atoms with Crippen LogP contribution in [0.5, 0.6) is 0 Å². The van der Waals surface area contributed by atoms with Gasteiger partial charge in [0.1, 0.15) is 11.9 Å². The summed E-state index contributed by atoms with van der Waals surface area (Å²) < 4.78 is 0. The summed E-state index contributed by atoms with van der Waals surface area (Å²) in [5, 5.41) is 10.7. The Morgan fingerprint density at radius 1 is 1.33 bits per heavy atom. The van der Waals surface area contributed by atoms with Crippen molar-refractivity contribution in [3.05, 3.63) is 24.3 Å². The Labute approximate surface area is 89.0 Å². The third-order valence-electron chi connectivity index (χ3n) is 3.76. The zero-order chi connectivity index (χ0) is 10.3. The summed E-state index contributed by atoms with van der Waals surface area (Å²) in [5.74, 6) is 0. The molecule has 1 aromatic heterocycles. The maximum Gasteiger partial charge on any atom is 0.115 e. The maximum absolute atomic E-state index is 10.7. The van der Waals surface area contributed by atoms with Gasteiger partial charge in [0.05, 0.1) is 0 Å². The predicted molar refractivity (Wildman–Crippen MR) is 55.1 cm³/mol. The average Bonchev–Trinajstić information content (AvgIpc) is 2.85. The third-order valence-corrected chi connectivity index (χ3v) is 3.76. The van der Waals surface area contributed by atoms with Crippen molar-refractivity contribution in [2.24, 2.45) is 0 Å². The van der Waals surface area contributed by atoms with Gasteiger partial charge in [-0.1, -0.05) is 0 Å². The van der Waals surface area contributed by atoms with E-state index >= 15 is 0 Å². The third kappa shape index (κ3) is 1.28. The number of aliphatic hydroxyl groups is 1. The van der Waals surface area contributed by atoms with Gasteiger partial charge in [-0.2, -0.15) is 0 Å². The van der Waals surface area contributed by atoms with Crippen LogP contribution in [-0.4, -0.2) is 39.1 Å². The molecule has 2 aliphatic rings. The van der Waals surface area contributed by atoms with Crippen LogP contribution in [0.1, 0.15) is 24.8 Å². The number of aromatic nitrogens is 2. The van der Waals surface area contributed by atoms with Crippen LogP contribution in [0, 0.1) is 0 Å². The van der Waals surface area contributed by atoms with Crippen molar-refractivity contribution in [3.63, 3.8) is 0 Å². The molecule has 0 radical (unpaired) electrons. The summed E-state index contributed by atoms with van der Waals surface area (Å²) in [4.78, 5) is 10.4. The van der Waals surface area contributed by atoms with Crippen molar-refractivity contribution in [1.29, 1.82) is 0 Å². The highest BCUT2D eigenvalue weighted by Crippen LogP contribution is 2.42. The van der Waals surface area contributed by atoms with Crippen LogP contribution in [0.3, 0.4) is 0 Å². The lowest BCUT2D eigenvalue weighted by atomic mass is 9.87. The molecule has 2 saturated heterocycles. The molecule has 0 aromatic carbocycles. The molecule has 2 atom stereocenters. The highest BCUT2D eigenvalue weighted by Gasteiger charge is 2.49. The number of fused-ring (bicyclic) bond motifs is 1. The molecule has 0 aliphatic carbocycles. The molecule has 4 heteroatoms. The van der Waals surface area contributed by atoms with Gasteiger partial charge in [0.15, 0.2) is 0 Å². The first-order valence-electron chi connectivity index (χ1n) is 5.52. The predicted octanol–water partition coefficient (Wildman–Crippen LogP) is 0.532. The Hall–Kier alpha value is -1.00. The van der Waals surface area contributed by atoms with Gasteiger partial charge in [0.2, 0.25) is 0 Å². The highest BCUT2D eigenvalue weighted by molar-refractivity contribution is 5.21.